The zero-order valence-electron chi connectivity index (χ0n) is 12.9. The van der Waals surface area contributed by atoms with Crippen molar-refractivity contribution in [3.8, 4) is 5.75 Å². The smallest absolute Gasteiger partial charge is 0.123 e. The number of thiophene rings is 1. The molecule has 1 heterocycles. The molecular weight excluding hydrogens is 295 g/mol. The minimum Gasteiger partial charge on any atom is -0.491 e. The fourth-order valence-electron chi connectivity index (χ4n) is 2.58. The SMILES string of the molecule is Cc1ccc(C)c(Cc2cc3ccc(OCCF)cc3s2)c1. The van der Waals surface area contributed by atoms with Crippen molar-refractivity contribution >= 4 is 21.4 Å². The fourth-order valence-corrected chi connectivity index (χ4v) is 3.69. The van der Waals surface area contributed by atoms with Crippen molar-refractivity contribution in [1.82, 2.24) is 0 Å². The van der Waals surface area contributed by atoms with Gasteiger partial charge in [-0.1, -0.05) is 23.8 Å². The van der Waals surface area contributed by atoms with Crippen LogP contribution in [0.4, 0.5) is 4.39 Å². The fraction of sp³-hybridized carbons (Fsp3) is 0.263. The largest absolute Gasteiger partial charge is 0.491 e. The molecule has 0 amide bonds. The second-order valence-corrected chi connectivity index (χ2v) is 6.72. The van der Waals surface area contributed by atoms with E-state index in [0.29, 0.717) is 0 Å². The van der Waals surface area contributed by atoms with E-state index in [2.05, 4.69) is 38.1 Å². The van der Waals surface area contributed by atoms with Gasteiger partial charge in [0.1, 0.15) is 19.0 Å². The molecule has 3 heteroatoms. The lowest BCUT2D eigenvalue weighted by molar-refractivity contribution is 0.273. The molecule has 0 fully saturated rings. The molecule has 1 aromatic heterocycles. The molecule has 0 N–H and O–H groups in total. The first-order valence-corrected chi connectivity index (χ1v) is 8.25. The predicted molar refractivity (Wildman–Crippen MR) is 92.0 cm³/mol. The van der Waals surface area contributed by atoms with E-state index in [1.807, 2.05) is 18.2 Å². The Hall–Kier alpha value is -1.87. The van der Waals surface area contributed by atoms with Gasteiger partial charge < -0.3 is 4.74 Å². The maximum absolute atomic E-state index is 12.2. The van der Waals surface area contributed by atoms with Crippen molar-refractivity contribution in [3.05, 3.63) is 64.0 Å². The maximum Gasteiger partial charge on any atom is 0.123 e. The van der Waals surface area contributed by atoms with E-state index < -0.39 is 6.67 Å². The Kier molecular flexibility index (Phi) is 4.44. The quantitative estimate of drug-likeness (QED) is 0.608. The highest BCUT2D eigenvalue weighted by molar-refractivity contribution is 7.19. The Morgan fingerprint density at radius 3 is 2.73 bits per heavy atom. The van der Waals surface area contributed by atoms with Crippen LogP contribution in [-0.2, 0) is 6.42 Å². The van der Waals surface area contributed by atoms with E-state index in [9.17, 15) is 4.39 Å². The average Bonchev–Trinajstić information content (AvgIpc) is 2.90. The van der Waals surface area contributed by atoms with Crippen molar-refractivity contribution in [3.63, 3.8) is 0 Å². The van der Waals surface area contributed by atoms with E-state index in [-0.39, 0.29) is 6.61 Å². The molecule has 0 aliphatic rings. The van der Waals surface area contributed by atoms with Crippen molar-refractivity contribution < 1.29 is 9.13 Å². The van der Waals surface area contributed by atoms with Gasteiger partial charge in [0, 0.05) is 16.0 Å². The van der Waals surface area contributed by atoms with Crippen LogP contribution in [0.15, 0.2) is 42.5 Å². The molecule has 0 aliphatic carbocycles. The van der Waals surface area contributed by atoms with Gasteiger partial charge in [-0.05, 0) is 54.6 Å². The van der Waals surface area contributed by atoms with Crippen LogP contribution in [0.25, 0.3) is 10.1 Å². The van der Waals surface area contributed by atoms with Gasteiger partial charge in [0.25, 0.3) is 0 Å². The Bertz CT molecular complexity index is 791. The standard InChI is InChI=1S/C19H19FOS/c1-13-3-4-14(2)16(9-13)11-18-10-15-5-6-17(21-8-7-20)12-19(15)22-18/h3-6,9-10,12H,7-8,11H2,1-2H3. The van der Waals surface area contributed by atoms with E-state index in [4.69, 9.17) is 4.74 Å². The molecular formula is C19H19FOS. The Morgan fingerprint density at radius 1 is 1.05 bits per heavy atom. The van der Waals surface area contributed by atoms with Crippen LogP contribution in [0.1, 0.15) is 21.6 Å². The van der Waals surface area contributed by atoms with Gasteiger partial charge in [-0.3, -0.25) is 0 Å². The summed E-state index contributed by atoms with van der Waals surface area (Å²) >= 11 is 1.78. The monoisotopic (exact) mass is 314 g/mol. The summed E-state index contributed by atoms with van der Waals surface area (Å²) in [4.78, 5) is 1.34. The van der Waals surface area contributed by atoms with Crippen LogP contribution in [0.3, 0.4) is 0 Å². The minimum atomic E-state index is -0.458. The molecule has 0 aliphatic heterocycles. The summed E-state index contributed by atoms with van der Waals surface area (Å²) < 4.78 is 18.7. The average molecular weight is 314 g/mol. The van der Waals surface area contributed by atoms with Crippen LogP contribution < -0.4 is 4.74 Å². The lowest BCUT2D eigenvalue weighted by atomic mass is 10.0. The highest BCUT2D eigenvalue weighted by atomic mass is 32.1. The lowest BCUT2D eigenvalue weighted by Crippen LogP contribution is -1.97. The van der Waals surface area contributed by atoms with Crippen molar-refractivity contribution in [1.29, 1.82) is 0 Å². The van der Waals surface area contributed by atoms with Crippen molar-refractivity contribution in [2.75, 3.05) is 13.3 Å². The topological polar surface area (TPSA) is 9.23 Å². The first-order chi connectivity index (χ1) is 10.7. The Labute approximate surface area is 134 Å². The molecule has 2 aromatic carbocycles. The second-order valence-electron chi connectivity index (χ2n) is 5.56. The number of halogens is 1. The molecule has 0 bridgehead atoms. The Balaban J connectivity index is 1.86. The van der Waals surface area contributed by atoms with Crippen LogP contribution in [0.2, 0.25) is 0 Å². The highest BCUT2D eigenvalue weighted by Crippen LogP contribution is 2.31. The number of hydrogen-bond acceptors (Lipinski definition) is 2. The van der Waals surface area contributed by atoms with E-state index in [0.717, 1.165) is 12.2 Å². The molecule has 3 rings (SSSR count). The third-order valence-corrected chi connectivity index (χ3v) is 4.86. The number of aryl methyl sites for hydroxylation is 2. The summed E-state index contributed by atoms with van der Waals surface area (Å²) in [6, 6.07) is 14.8. The van der Waals surface area contributed by atoms with Gasteiger partial charge in [-0.25, -0.2) is 4.39 Å². The normalized spacial score (nSPS) is 11.0. The van der Waals surface area contributed by atoms with E-state index in [1.165, 1.54) is 31.7 Å². The number of hydrogen-bond donors (Lipinski definition) is 0. The molecule has 0 radical (unpaired) electrons. The number of fused-ring (bicyclic) bond motifs is 1. The zero-order valence-corrected chi connectivity index (χ0v) is 13.7. The lowest BCUT2D eigenvalue weighted by Gasteiger charge is -2.05. The van der Waals surface area contributed by atoms with Crippen LogP contribution in [0.5, 0.6) is 5.75 Å². The maximum atomic E-state index is 12.2. The van der Waals surface area contributed by atoms with Gasteiger partial charge in [0.05, 0.1) is 0 Å². The van der Waals surface area contributed by atoms with E-state index in [1.54, 1.807) is 11.3 Å². The molecule has 0 saturated heterocycles. The van der Waals surface area contributed by atoms with Gasteiger partial charge in [0.15, 0.2) is 0 Å². The summed E-state index contributed by atoms with van der Waals surface area (Å²) in [5, 5.41) is 1.22. The van der Waals surface area contributed by atoms with Gasteiger partial charge in [-0.2, -0.15) is 0 Å². The second kappa shape index (κ2) is 6.49. The summed E-state index contributed by atoms with van der Waals surface area (Å²) in [5.74, 6) is 0.741. The molecule has 0 spiro atoms. The first-order valence-electron chi connectivity index (χ1n) is 7.43. The third kappa shape index (κ3) is 3.30. The molecule has 0 atom stereocenters. The Morgan fingerprint density at radius 2 is 1.91 bits per heavy atom. The van der Waals surface area contributed by atoms with Gasteiger partial charge in [0.2, 0.25) is 0 Å². The van der Waals surface area contributed by atoms with Crippen LogP contribution >= 0.6 is 11.3 Å². The summed E-state index contributed by atoms with van der Waals surface area (Å²) in [5.41, 5.74) is 4.00. The van der Waals surface area contributed by atoms with Crippen LogP contribution in [0, 0.1) is 13.8 Å². The number of benzene rings is 2. The predicted octanol–water partition coefficient (Wildman–Crippen LogP) is 5.46. The van der Waals surface area contributed by atoms with Gasteiger partial charge >= 0.3 is 0 Å². The van der Waals surface area contributed by atoms with E-state index >= 15 is 0 Å². The molecule has 0 saturated carbocycles. The zero-order chi connectivity index (χ0) is 15.5. The number of ether oxygens (including phenoxy) is 1. The van der Waals surface area contributed by atoms with Crippen LogP contribution in [-0.4, -0.2) is 13.3 Å². The number of rotatable bonds is 5. The summed E-state index contributed by atoms with van der Waals surface area (Å²) in [7, 11) is 0. The minimum absolute atomic E-state index is 0.117. The van der Waals surface area contributed by atoms with Crippen molar-refractivity contribution in [2.45, 2.75) is 20.3 Å². The highest BCUT2D eigenvalue weighted by Gasteiger charge is 2.06. The molecule has 1 nitrogen and oxygen atoms in total. The third-order valence-electron chi connectivity index (χ3n) is 3.76. The molecule has 0 unspecified atom stereocenters. The number of alkyl halides is 1. The molecule has 3 aromatic rings. The van der Waals surface area contributed by atoms with Crippen molar-refractivity contribution in [2.24, 2.45) is 0 Å². The molecule has 22 heavy (non-hydrogen) atoms. The summed E-state index contributed by atoms with van der Waals surface area (Å²) in [6.45, 7) is 3.94. The van der Waals surface area contributed by atoms with Gasteiger partial charge in [-0.15, -0.1) is 11.3 Å². The molecule has 114 valence electrons. The summed E-state index contributed by atoms with van der Waals surface area (Å²) in [6.07, 6.45) is 0.952. The first kappa shape index (κ1) is 15.0.